The molecule has 0 saturated carbocycles. The first kappa shape index (κ1) is 14.4. The standard InChI is InChI=1S/C17H27NO/c1-5-10-18-16(17(2,3)4)14-11-13-8-6-7-9-15(13)19-12-14/h6-9,14,16,18H,5,10-12H2,1-4H3. The normalized spacial score (nSPS) is 20.5. The second-order valence-corrected chi connectivity index (χ2v) is 6.68. The minimum atomic E-state index is 0.259. The molecule has 1 aromatic carbocycles. The first-order valence-corrected chi connectivity index (χ1v) is 7.46. The molecule has 0 bridgehead atoms. The second-order valence-electron chi connectivity index (χ2n) is 6.68. The molecule has 0 amide bonds. The molecule has 0 spiro atoms. The summed E-state index contributed by atoms with van der Waals surface area (Å²) < 4.78 is 5.95. The van der Waals surface area contributed by atoms with Crippen LogP contribution in [0.15, 0.2) is 24.3 Å². The van der Waals surface area contributed by atoms with Crippen molar-refractivity contribution in [2.24, 2.45) is 11.3 Å². The van der Waals surface area contributed by atoms with Crippen LogP contribution in [-0.4, -0.2) is 19.2 Å². The lowest BCUT2D eigenvalue weighted by Gasteiger charge is -2.40. The fourth-order valence-corrected chi connectivity index (χ4v) is 3.05. The number of fused-ring (bicyclic) bond motifs is 1. The third-order valence-corrected chi connectivity index (χ3v) is 3.93. The van der Waals surface area contributed by atoms with Crippen molar-refractivity contribution in [3.8, 4) is 5.75 Å². The fourth-order valence-electron chi connectivity index (χ4n) is 3.05. The van der Waals surface area contributed by atoms with Crippen molar-refractivity contribution in [2.75, 3.05) is 13.2 Å². The number of benzene rings is 1. The lowest BCUT2D eigenvalue weighted by atomic mass is 9.76. The summed E-state index contributed by atoms with van der Waals surface area (Å²) in [6.07, 6.45) is 2.30. The van der Waals surface area contributed by atoms with Crippen LogP contribution in [-0.2, 0) is 6.42 Å². The summed E-state index contributed by atoms with van der Waals surface area (Å²) in [4.78, 5) is 0. The largest absolute Gasteiger partial charge is 0.493 e. The molecule has 1 aliphatic heterocycles. The van der Waals surface area contributed by atoms with E-state index >= 15 is 0 Å². The number of ether oxygens (including phenoxy) is 1. The Balaban J connectivity index is 2.12. The van der Waals surface area contributed by atoms with Crippen LogP contribution >= 0.6 is 0 Å². The summed E-state index contributed by atoms with van der Waals surface area (Å²) in [5, 5.41) is 3.73. The van der Waals surface area contributed by atoms with Crippen LogP contribution in [0, 0.1) is 11.3 Å². The number of hydrogen-bond acceptors (Lipinski definition) is 2. The summed E-state index contributed by atoms with van der Waals surface area (Å²) in [5.74, 6) is 1.63. The van der Waals surface area contributed by atoms with Crippen molar-refractivity contribution < 1.29 is 4.74 Å². The Bertz CT molecular complexity index is 408. The van der Waals surface area contributed by atoms with E-state index in [1.165, 1.54) is 12.0 Å². The van der Waals surface area contributed by atoms with Gasteiger partial charge >= 0.3 is 0 Å². The van der Waals surface area contributed by atoms with E-state index in [9.17, 15) is 0 Å². The maximum atomic E-state index is 5.95. The van der Waals surface area contributed by atoms with Crippen LogP contribution in [0.25, 0.3) is 0 Å². The third kappa shape index (κ3) is 3.50. The smallest absolute Gasteiger partial charge is 0.122 e. The highest BCUT2D eigenvalue weighted by Crippen LogP contribution is 2.33. The minimum Gasteiger partial charge on any atom is -0.493 e. The van der Waals surface area contributed by atoms with Gasteiger partial charge in [-0.25, -0.2) is 0 Å². The van der Waals surface area contributed by atoms with E-state index in [4.69, 9.17) is 4.74 Å². The topological polar surface area (TPSA) is 21.3 Å². The summed E-state index contributed by atoms with van der Waals surface area (Å²) in [6.45, 7) is 11.1. The van der Waals surface area contributed by atoms with Crippen LogP contribution < -0.4 is 10.1 Å². The second kappa shape index (κ2) is 5.96. The van der Waals surface area contributed by atoms with Gasteiger partial charge in [0, 0.05) is 12.0 Å². The molecule has 0 radical (unpaired) electrons. The Labute approximate surface area is 117 Å². The van der Waals surface area contributed by atoms with Crippen molar-refractivity contribution in [1.29, 1.82) is 0 Å². The number of nitrogens with one attached hydrogen (secondary N) is 1. The Morgan fingerprint density at radius 1 is 1.32 bits per heavy atom. The van der Waals surface area contributed by atoms with Gasteiger partial charge in [-0.05, 0) is 36.4 Å². The molecule has 1 N–H and O–H groups in total. The molecule has 1 aliphatic rings. The minimum absolute atomic E-state index is 0.259. The van der Waals surface area contributed by atoms with E-state index in [1.54, 1.807) is 0 Å². The average Bonchev–Trinajstić information content (AvgIpc) is 2.37. The van der Waals surface area contributed by atoms with E-state index in [2.05, 4.69) is 57.3 Å². The van der Waals surface area contributed by atoms with Gasteiger partial charge in [0.05, 0.1) is 6.61 Å². The molecule has 2 heteroatoms. The molecule has 106 valence electrons. The molecule has 0 saturated heterocycles. The van der Waals surface area contributed by atoms with Crippen LogP contribution in [0.1, 0.15) is 39.7 Å². The first-order chi connectivity index (χ1) is 9.02. The fraction of sp³-hybridized carbons (Fsp3) is 0.647. The predicted molar refractivity (Wildman–Crippen MR) is 80.7 cm³/mol. The Kier molecular flexibility index (Phi) is 4.51. The van der Waals surface area contributed by atoms with Crippen molar-refractivity contribution in [3.63, 3.8) is 0 Å². The Hall–Kier alpha value is -1.02. The van der Waals surface area contributed by atoms with Crippen molar-refractivity contribution in [3.05, 3.63) is 29.8 Å². The van der Waals surface area contributed by atoms with Crippen LogP contribution in [0.4, 0.5) is 0 Å². The Morgan fingerprint density at radius 2 is 2.05 bits per heavy atom. The number of hydrogen-bond donors (Lipinski definition) is 1. The highest BCUT2D eigenvalue weighted by Gasteiger charge is 2.34. The van der Waals surface area contributed by atoms with Gasteiger partial charge in [0.1, 0.15) is 5.75 Å². The third-order valence-electron chi connectivity index (χ3n) is 3.93. The van der Waals surface area contributed by atoms with Crippen LogP contribution in [0.3, 0.4) is 0 Å². The van der Waals surface area contributed by atoms with Crippen molar-refractivity contribution in [1.82, 2.24) is 5.32 Å². The molecule has 2 atom stereocenters. The zero-order valence-electron chi connectivity index (χ0n) is 12.7. The van der Waals surface area contributed by atoms with Gasteiger partial charge in [-0.2, -0.15) is 0 Å². The molecule has 19 heavy (non-hydrogen) atoms. The van der Waals surface area contributed by atoms with Gasteiger partial charge in [0.15, 0.2) is 0 Å². The van der Waals surface area contributed by atoms with E-state index in [-0.39, 0.29) is 5.41 Å². The van der Waals surface area contributed by atoms with Gasteiger partial charge in [0.25, 0.3) is 0 Å². The monoisotopic (exact) mass is 261 g/mol. The van der Waals surface area contributed by atoms with Gasteiger partial charge < -0.3 is 10.1 Å². The molecule has 1 aromatic rings. The van der Waals surface area contributed by atoms with E-state index in [0.717, 1.165) is 25.3 Å². The maximum Gasteiger partial charge on any atom is 0.122 e. The molecular weight excluding hydrogens is 234 g/mol. The lowest BCUT2D eigenvalue weighted by Crippen LogP contribution is -2.49. The van der Waals surface area contributed by atoms with Crippen LogP contribution in [0.5, 0.6) is 5.75 Å². The van der Waals surface area contributed by atoms with E-state index in [1.807, 2.05) is 0 Å². The molecular formula is C17H27NO. The molecule has 0 fully saturated rings. The lowest BCUT2D eigenvalue weighted by molar-refractivity contribution is 0.122. The highest BCUT2D eigenvalue weighted by atomic mass is 16.5. The quantitative estimate of drug-likeness (QED) is 0.893. The predicted octanol–water partition coefficient (Wildman–Crippen LogP) is 3.65. The summed E-state index contributed by atoms with van der Waals surface area (Å²) >= 11 is 0. The van der Waals surface area contributed by atoms with E-state index in [0.29, 0.717) is 12.0 Å². The Morgan fingerprint density at radius 3 is 2.74 bits per heavy atom. The maximum absolute atomic E-state index is 5.95. The van der Waals surface area contributed by atoms with Gasteiger partial charge in [-0.15, -0.1) is 0 Å². The summed E-state index contributed by atoms with van der Waals surface area (Å²) in [5.41, 5.74) is 1.61. The highest BCUT2D eigenvalue weighted by molar-refractivity contribution is 5.35. The summed E-state index contributed by atoms with van der Waals surface area (Å²) in [6, 6.07) is 8.94. The van der Waals surface area contributed by atoms with Gasteiger partial charge in [-0.3, -0.25) is 0 Å². The van der Waals surface area contributed by atoms with Crippen molar-refractivity contribution >= 4 is 0 Å². The number of rotatable bonds is 4. The molecule has 2 rings (SSSR count). The van der Waals surface area contributed by atoms with E-state index < -0.39 is 0 Å². The summed E-state index contributed by atoms with van der Waals surface area (Å²) in [7, 11) is 0. The van der Waals surface area contributed by atoms with Gasteiger partial charge in [-0.1, -0.05) is 45.9 Å². The molecule has 0 aliphatic carbocycles. The zero-order valence-corrected chi connectivity index (χ0v) is 12.7. The first-order valence-electron chi connectivity index (χ1n) is 7.46. The average molecular weight is 261 g/mol. The molecule has 2 nitrogen and oxygen atoms in total. The SMILES string of the molecule is CCCNC(C1COc2ccccc2C1)C(C)(C)C. The van der Waals surface area contributed by atoms with Gasteiger partial charge in [0.2, 0.25) is 0 Å². The molecule has 2 unspecified atom stereocenters. The molecule has 1 heterocycles. The number of para-hydroxylation sites is 1. The van der Waals surface area contributed by atoms with Crippen molar-refractivity contribution in [2.45, 2.75) is 46.6 Å². The van der Waals surface area contributed by atoms with Crippen LogP contribution in [0.2, 0.25) is 0 Å². The molecule has 0 aromatic heterocycles. The zero-order chi connectivity index (χ0) is 13.9.